The monoisotopic (exact) mass is 264 g/mol. The highest BCUT2D eigenvalue weighted by Crippen LogP contribution is 2.37. The molecule has 2 N–H and O–H groups in total. The van der Waals surface area contributed by atoms with Gasteiger partial charge in [0.05, 0.1) is 16.4 Å². The van der Waals surface area contributed by atoms with Gasteiger partial charge in [-0.05, 0) is 30.0 Å². The van der Waals surface area contributed by atoms with Crippen LogP contribution < -0.4 is 5.30 Å². The number of nitriles is 2. The standard InChI is InChI=1S/C12H13N2O3P/c1-3-8-5-12(18(15,16)17)9(4-2)11(7-14)10(8)6-13/h5H,3-4H2,1-2H3,(H2,15,16,17). The van der Waals surface area contributed by atoms with Crippen LogP contribution in [0.3, 0.4) is 0 Å². The minimum absolute atomic E-state index is 0.0812. The normalized spacial score (nSPS) is 10.8. The van der Waals surface area contributed by atoms with E-state index in [4.69, 9.17) is 10.5 Å². The van der Waals surface area contributed by atoms with E-state index in [1.54, 1.807) is 13.8 Å². The molecule has 0 heterocycles. The molecule has 0 radical (unpaired) electrons. The van der Waals surface area contributed by atoms with Gasteiger partial charge in [0.2, 0.25) is 0 Å². The summed E-state index contributed by atoms with van der Waals surface area (Å²) >= 11 is 0. The Morgan fingerprint density at radius 1 is 1.17 bits per heavy atom. The van der Waals surface area contributed by atoms with E-state index in [0.29, 0.717) is 18.4 Å². The molecule has 6 heteroatoms. The Bertz CT molecular complexity index is 605. The fourth-order valence-corrected chi connectivity index (χ4v) is 2.86. The Kier molecular flexibility index (Phi) is 4.27. The van der Waals surface area contributed by atoms with E-state index in [0.717, 1.165) is 0 Å². The molecule has 1 aromatic rings. The fraction of sp³-hybridized carbons (Fsp3) is 0.333. The van der Waals surface area contributed by atoms with Gasteiger partial charge in [-0.25, -0.2) is 0 Å². The van der Waals surface area contributed by atoms with Crippen molar-refractivity contribution >= 4 is 12.9 Å². The molecule has 0 saturated heterocycles. The Morgan fingerprint density at radius 2 is 1.72 bits per heavy atom. The minimum atomic E-state index is -4.44. The van der Waals surface area contributed by atoms with Gasteiger partial charge in [0, 0.05) is 0 Å². The first-order valence-electron chi connectivity index (χ1n) is 5.45. The summed E-state index contributed by atoms with van der Waals surface area (Å²) in [6, 6.07) is 5.18. The molecule has 18 heavy (non-hydrogen) atoms. The molecule has 1 aromatic carbocycles. The van der Waals surface area contributed by atoms with Crippen molar-refractivity contribution in [3.05, 3.63) is 28.3 Å². The lowest BCUT2D eigenvalue weighted by atomic mass is 9.95. The van der Waals surface area contributed by atoms with Crippen molar-refractivity contribution in [1.82, 2.24) is 0 Å². The second-order valence-electron chi connectivity index (χ2n) is 3.76. The number of hydrogen-bond acceptors (Lipinski definition) is 3. The number of benzene rings is 1. The van der Waals surface area contributed by atoms with Gasteiger partial charge in [0.15, 0.2) is 0 Å². The van der Waals surface area contributed by atoms with Gasteiger partial charge >= 0.3 is 7.60 Å². The van der Waals surface area contributed by atoms with E-state index in [1.165, 1.54) is 6.07 Å². The zero-order valence-electron chi connectivity index (χ0n) is 10.1. The van der Waals surface area contributed by atoms with Crippen LogP contribution in [-0.2, 0) is 17.4 Å². The maximum atomic E-state index is 11.5. The van der Waals surface area contributed by atoms with E-state index >= 15 is 0 Å². The molecule has 0 spiro atoms. The van der Waals surface area contributed by atoms with Crippen LogP contribution >= 0.6 is 7.60 Å². The summed E-state index contributed by atoms with van der Waals surface area (Å²) < 4.78 is 11.5. The Balaban J connectivity index is 3.84. The van der Waals surface area contributed by atoms with Gasteiger partial charge in [-0.1, -0.05) is 13.8 Å². The van der Waals surface area contributed by atoms with E-state index in [1.807, 2.05) is 12.1 Å². The molecular formula is C12H13N2O3P. The minimum Gasteiger partial charge on any atom is -0.321 e. The third kappa shape index (κ3) is 2.44. The smallest absolute Gasteiger partial charge is 0.321 e. The fourth-order valence-electron chi connectivity index (χ4n) is 1.91. The molecule has 0 aliphatic heterocycles. The molecule has 0 atom stereocenters. The van der Waals surface area contributed by atoms with Gasteiger partial charge in [0.1, 0.15) is 12.1 Å². The molecular weight excluding hydrogens is 251 g/mol. The van der Waals surface area contributed by atoms with Crippen LogP contribution in [-0.4, -0.2) is 9.79 Å². The lowest BCUT2D eigenvalue weighted by molar-refractivity contribution is 0.387. The van der Waals surface area contributed by atoms with Gasteiger partial charge < -0.3 is 9.79 Å². The third-order valence-electron chi connectivity index (χ3n) is 2.76. The summed E-state index contributed by atoms with van der Waals surface area (Å²) in [7, 11) is -4.44. The summed E-state index contributed by atoms with van der Waals surface area (Å²) in [5.41, 5.74) is 1.05. The SMILES string of the molecule is CCc1cc(P(=O)(O)O)c(CC)c(C#N)c1C#N. The molecule has 0 aromatic heterocycles. The van der Waals surface area contributed by atoms with Crippen molar-refractivity contribution < 1.29 is 14.4 Å². The Labute approximate surface area is 105 Å². The molecule has 0 amide bonds. The topological polar surface area (TPSA) is 105 Å². The quantitative estimate of drug-likeness (QED) is 0.802. The Hall–Kier alpha value is -1.65. The third-order valence-corrected chi connectivity index (χ3v) is 3.79. The van der Waals surface area contributed by atoms with E-state index in [2.05, 4.69) is 0 Å². The summed E-state index contributed by atoms with van der Waals surface area (Å²) in [5, 5.41) is 18.1. The first-order chi connectivity index (χ1) is 8.40. The maximum Gasteiger partial charge on any atom is 0.356 e. The number of hydrogen-bond donors (Lipinski definition) is 2. The van der Waals surface area contributed by atoms with Crippen molar-refractivity contribution in [3.63, 3.8) is 0 Å². The second-order valence-corrected chi connectivity index (χ2v) is 5.33. The summed E-state index contributed by atoms with van der Waals surface area (Å²) in [6.45, 7) is 3.47. The first-order valence-corrected chi connectivity index (χ1v) is 7.06. The lowest BCUT2D eigenvalue weighted by Crippen LogP contribution is -2.16. The van der Waals surface area contributed by atoms with Crippen molar-refractivity contribution in [3.8, 4) is 12.1 Å². The zero-order chi connectivity index (χ0) is 13.9. The summed E-state index contributed by atoms with van der Waals surface area (Å²) in [4.78, 5) is 18.6. The highest BCUT2D eigenvalue weighted by molar-refractivity contribution is 7.60. The number of aryl methyl sites for hydroxylation is 1. The van der Waals surface area contributed by atoms with Crippen LogP contribution in [0.4, 0.5) is 0 Å². The van der Waals surface area contributed by atoms with E-state index in [9.17, 15) is 14.4 Å². The molecule has 1 rings (SSSR count). The van der Waals surface area contributed by atoms with Gasteiger partial charge in [0.25, 0.3) is 0 Å². The predicted molar refractivity (Wildman–Crippen MR) is 66.3 cm³/mol. The van der Waals surface area contributed by atoms with E-state index < -0.39 is 7.60 Å². The highest BCUT2D eigenvalue weighted by Gasteiger charge is 2.26. The predicted octanol–water partition coefficient (Wildman–Crippen LogP) is 1.36. The van der Waals surface area contributed by atoms with Crippen LogP contribution in [0.5, 0.6) is 0 Å². The van der Waals surface area contributed by atoms with Crippen molar-refractivity contribution in [2.75, 3.05) is 0 Å². The van der Waals surface area contributed by atoms with Crippen LogP contribution in [0.25, 0.3) is 0 Å². The van der Waals surface area contributed by atoms with Crippen molar-refractivity contribution in [1.29, 1.82) is 10.5 Å². The molecule has 0 bridgehead atoms. The van der Waals surface area contributed by atoms with Crippen molar-refractivity contribution in [2.24, 2.45) is 0 Å². The number of rotatable bonds is 3. The number of nitrogens with zero attached hydrogens (tertiary/aromatic N) is 2. The lowest BCUT2D eigenvalue weighted by Gasteiger charge is -2.15. The summed E-state index contributed by atoms with van der Waals surface area (Å²) in [6.07, 6.45) is 0.733. The largest absolute Gasteiger partial charge is 0.356 e. The molecule has 5 nitrogen and oxygen atoms in total. The molecule has 0 aliphatic rings. The van der Waals surface area contributed by atoms with E-state index in [-0.39, 0.29) is 22.0 Å². The van der Waals surface area contributed by atoms with Crippen LogP contribution in [0.1, 0.15) is 36.1 Å². The second kappa shape index (κ2) is 5.33. The van der Waals surface area contributed by atoms with Gasteiger partial charge in [-0.2, -0.15) is 10.5 Å². The molecule has 0 fully saturated rings. The molecule has 94 valence electrons. The highest BCUT2D eigenvalue weighted by atomic mass is 31.2. The average molecular weight is 264 g/mol. The maximum absolute atomic E-state index is 11.5. The average Bonchev–Trinajstić information content (AvgIpc) is 2.34. The zero-order valence-corrected chi connectivity index (χ0v) is 11.0. The molecule has 0 aliphatic carbocycles. The van der Waals surface area contributed by atoms with Crippen LogP contribution in [0.15, 0.2) is 6.07 Å². The Morgan fingerprint density at radius 3 is 2.06 bits per heavy atom. The molecule has 0 saturated carbocycles. The first kappa shape index (κ1) is 14.4. The van der Waals surface area contributed by atoms with Crippen LogP contribution in [0, 0.1) is 22.7 Å². The molecule has 0 unspecified atom stereocenters. The summed E-state index contributed by atoms with van der Waals surface area (Å²) in [5.74, 6) is 0. The van der Waals surface area contributed by atoms with Gasteiger partial charge in [-0.3, -0.25) is 4.57 Å². The van der Waals surface area contributed by atoms with Crippen LogP contribution in [0.2, 0.25) is 0 Å². The van der Waals surface area contributed by atoms with Crippen molar-refractivity contribution in [2.45, 2.75) is 26.7 Å². The van der Waals surface area contributed by atoms with Gasteiger partial charge in [-0.15, -0.1) is 0 Å².